The summed E-state index contributed by atoms with van der Waals surface area (Å²) in [6, 6.07) is 13.2. The van der Waals surface area contributed by atoms with E-state index in [9.17, 15) is 0 Å². The molecule has 0 saturated carbocycles. The second-order valence-electron chi connectivity index (χ2n) is 5.04. The van der Waals surface area contributed by atoms with Crippen molar-refractivity contribution >= 4 is 28.3 Å². The van der Waals surface area contributed by atoms with Crippen molar-refractivity contribution in [3.05, 3.63) is 53.8 Å². The lowest BCUT2D eigenvalue weighted by molar-refractivity contribution is 0.284. The molecule has 0 radical (unpaired) electrons. The third-order valence-electron chi connectivity index (χ3n) is 3.40. The fraction of sp³-hybridized carbons (Fsp3) is 0.222. The van der Waals surface area contributed by atoms with Crippen LogP contribution in [0.5, 0.6) is 11.5 Å². The molecule has 0 aliphatic rings. The molecule has 0 amide bonds. The summed E-state index contributed by atoms with van der Waals surface area (Å²) < 4.78 is 11.3. The lowest BCUT2D eigenvalue weighted by atomic mass is 10.2. The monoisotopic (exact) mass is 343 g/mol. The fourth-order valence-electron chi connectivity index (χ4n) is 2.34. The number of nitrogens with zero attached hydrogens (tertiary/aromatic N) is 2. The van der Waals surface area contributed by atoms with Crippen LogP contribution in [0, 0.1) is 0 Å². The lowest BCUT2D eigenvalue weighted by Crippen LogP contribution is -2.13. The molecule has 0 atom stereocenters. The number of nitrogens with one attached hydrogen (secondary N) is 1. The molecule has 6 heteroatoms. The Morgan fingerprint density at radius 2 is 1.83 bits per heavy atom. The number of hydrogen-bond donors (Lipinski definition) is 1. The van der Waals surface area contributed by atoms with Gasteiger partial charge in [-0.1, -0.05) is 23.7 Å². The summed E-state index contributed by atoms with van der Waals surface area (Å²) >= 11 is 6.06. The van der Waals surface area contributed by atoms with E-state index >= 15 is 0 Å². The molecule has 0 aliphatic carbocycles. The molecule has 0 bridgehead atoms. The van der Waals surface area contributed by atoms with Gasteiger partial charge >= 0.3 is 0 Å². The number of anilines is 1. The molecule has 1 heterocycles. The number of halogens is 1. The number of aromatic nitrogens is 2. The summed E-state index contributed by atoms with van der Waals surface area (Å²) in [5, 5.41) is 4.80. The second kappa shape index (κ2) is 7.84. The van der Waals surface area contributed by atoms with Gasteiger partial charge in [0, 0.05) is 10.4 Å². The molecule has 0 spiro atoms. The molecule has 1 aromatic heterocycles. The Kier molecular flexibility index (Phi) is 5.33. The van der Waals surface area contributed by atoms with Gasteiger partial charge < -0.3 is 14.8 Å². The van der Waals surface area contributed by atoms with Crippen LogP contribution < -0.4 is 14.8 Å². The molecular formula is C18H18ClN3O2. The number of rotatable bonds is 7. The minimum Gasteiger partial charge on any atom is -0.490 e. The SMILES string of the molecule is CCOc1ccccc1OCCNc1ncnc2ccc(Cl)cc12. The first kappa shape index (κ1) is 16.3. The van der Waals surface area contributed by atoms with E-state index in [4.69, 9.17) is 21.1 Å². The van der Waals surface area contributed by atoms with Crippen molar-refractivity contribution in [3.63, 3.8) is 0 Å². The van der Waals surface area contributed by atoms with Crippen molar-refractivity contribution in [2.45, 2.75) is 6.92 Å². The molecule has 0 fully saturated rings. The smallest absolute Gasteiger partial charge is 0.161 e. The van der Waals surface area contributed by atoms with Crippen LogP contribution >= 0.6 is 11.6 Å². The van der Waals surface area contributed by atoms with Gasteiger partial charge in [0.1, 0.15) is 18.8 Å². The summed E-state index contributed by atoms with van der Waals surface area (Å²) in [6.45, 7) is 3.63. The summed E-state index contributed by atoms with van der Waals surface area (Å²) in [5.74, 6) is 2.22. The molecule has 24 heavy (non-hydrogen) atoms. The van der Waals surface area contributed by atoms with E-state index in [0.717, 1.165) is 28.2 Å². The number of para-hydroxylation sites is 2. The van der Waals surface area contributed by atoms with Crippen LogP contribution in [-0.4, -0.2) is 29.7 Å². The first-order valence-corrected chi connectivity index (χ1v) is 8.14. The predicted octanol–water partition coefficient (Wildman–Crippen LogP) is 4.17. The number of ether oxygens (including phenoxy) is 2. The Labute approximate surface area is 145 Å². The van der Waals surface area contributed by atoms with Crippen molar-refractivity contribution < 1.29 is 9.47 Å². The Balaban J connectivity index is 1.62. The topological polar surface area (TPSA) is 56.3 Å². The highest BCUT2D eigenvalue weighted by molar-refractivity contribution is 6.31. The van der Waals surface area contributed by atoms with E-state index in [1.807, 2.05) is 49.4 Å². The van der Waals surface area contributed by atoms with Gasteiger partial charge in [-0.25, -0.2) is 9.97 Å². The van der Waals surface area contributed by atoms with Crippen molar-refractivity contribution in [1.29, 1.82) is 0 Å². The van der Waals surface area contributed by atoms with E-state index in [0.29, 0.717) is 24.8 Å². The third-order valence-corrected chi connectivity index (χ3v) is 3.63. The van der Waals surface area contributed by atoms with Crippen molar-refractivity contribution in [1.82, 2.24) is 9.97 Å². The zero-order chi connectivity index (χ0) is 16.8. The van der Waals surface area contributed by atoms with Gasteiger partial charge in [-0.2, -0.15) is 0 Å². The summed E-state index contributed by atoms with van der Waals surface area (Å²) in [6.07, 6.45) is 1.53. The molecular weight excluding hydrogens is 326 g/mol. The van der Waals surface area contributed by atoms with Crippen molar-refractivity contribution in [2.24, 2.45) is 0 Å². The van der Waals surface area contributed by atoms with Gasteiger partial charge in [0.15, 0.2) is 11.5 Å². The number of benzene rings is 2. The zero-order valence-corrected chi connectivity index (χ0v) is 14.1. The summed E-state index contributed by atoms with van der Waals surface area (Å²) in [7, 11) is 0. The van der Waals surface area contributed by atoms with E-state index in [1.54, 1.807) is 0 Å². The van der Waals surface area contributed by atoms with E-state index in [1.165, 1.54) is 6.33 Å². The van der Waals surface area contributed by atoms with Gasteiger partial charge in [0.05, 0.1) is 18.7 Å². The van der Waals surface area contributed by atoms with Crippen LogP contribution in [0.1, 0.15) is 6.92 Å². The Bertz CT molecular complexity index is 826. The maximum atomic E-state index is 6.06. The molecule has 5 nitrogen and oxygen atoms in total. The third kappa shape index (κ3) is 3.86. The highest BCUT2D eigenvalue weighted by Crippen LogP contribution is 2.26. The molecule has 1 N–H and O–H groups in total. The molecule has 0 saturated heterocycles. The van der Waals surface area contributed by atoms with E-state index in [2.05, 4.69) is 15.3 Å². The zero-order valence-electron chi connectivity index (χ0n) is 13.3. The Morgan fingerprint density at radius 1 is 1.04 bits per heavy atom. The molecule has 124 valence electrons. The molecule has 3 aromatic rings. The minimum atomic E-state index is 0.482. The van der Waals surface area contributed by atoms with Crippen LogP contribution in [0.3, 0.4) is 0 Å². The Hall–Kier alpha value is -2.53. The maximum Gasteiger partial charge on any atom is 0.161 e. The molecule has 0 aliphatic heterocycles. The second-order valence-corrected chi connectivity index (χ2v) is 5.48. The van der Waals surface area contributed by atoms with Crippen molar-refractivity contribution in [3.8, 4) is 11.5 Å². The van der Waals surface area contributed by atoms with Crippen molar-refractivity contribution in [2.75, 3.05) is 25.1 Å². The highest BCUT2D eigenvalue weighted by Gasteiger charge is 2.05. The number of fused-ring (bicyclic) bond motifs is 1. The van der Waals surface area contributed by atoms with Gasteiger partial charge in [-0.15, -0.1) is 0 Å². The highest BCUT2D eigenvalue weighted by atomic mass is 35.5. The van der Waals surface area contributed by atoms with Crippen LogP contribution in [-0.2, 0) is 0 Å². The quantitative estimate of drug-likeness (QED) is 0.652. The lowest BCUT2D eigenvalue weighted by Gasteiger charge is -2.12. The normalized spacial score (nSPS) is 10.6. The van der Waals surface area contributed by atoms with Crippen LogP contribution in [0.25, 0.3) is 10.9 Å². The van der Waals surface area contributed by atoms with E-state index < -0.39 is 0 Å². The van der Waals surface area contributed by atoms with Crippen LogP contribution in [0.15, 0.2) is 48.8 Å². The number of hydrogen-bond acceptors (Lipinski definition) is 5. The first-order valence-electron chi connectivity index (χ1n) is 7.76. The Morgan fingerprint density at radius 3 is 2.62 bits per heavy atom. The predicted molar refractivity (Wildman–Crippen MR) is 96.1 cm³/mol. The molecule has 2 aromatic carbocycles. The molecule has 0 unspecified atom stereocenters. The van der Waals surface area contributed by atoms with Gasteiger partial charge in [-0.3, -0.25) is 0 Å². The summed E-state index contributed by atoms with van der Waals surface area (Å²) in [5.41, 5.74) is 0.847. The first-order chi connectivity index (χ1) is 11.8. The summed E-state index contributed by atoms with van der Waals surface area (Å²) in [4.78, 5) is 8.51. The van der Waals surface area contributed by atoms with Gasteiger partial charge in [-0.05, 0) is 37.3 Å². The fourth-order valence-corrected chi connectivity index (χ4v) is 2.52. The van der Waals surface area contributed by atoms with Gasteiger partial charge in [0.2, 0.25) is 0 Å². The molecule has 3 rings (SSSR count). The average molecular weight is 344 g/mol. The van der Waals surface area contributed by atoms with Gasteiger partial charge in [0.25, 0.3) is 0 Å². The van der Waals surface area contributed by atoms with Crippen LogP contribution in [0.4, 0.5) is 5.82 Å². The van der Waals surface area contributed by atoms with E-state index in [-0.39, 0.29) is 0 Å². The van der Waals surface area contributed by atoms with Crippen LogP contribution in [0.2, 0.25) is 5.02 Å². The maximum absolute atomic E-state index is 6.06. The minimum absolute atomic E-state index is 0.482. The standard InChI is InChI=1S/C18H18ClN3O2/c1-2-23-16-5-3-4-6-17(16)24-10-9-20-18-14-11-13(19)7-8-15(14)21-12-22-18/h3-8,11-12H,2,9-10H2,1H3,(H,20,21,22). The average Bonchev–Trinajstić information content (AvgIpc) is 2.60. The largest absolute Gasteiger partial charge is 0.490 e.